The van der Waals surface area contributed by atoms with Crippen molar-refractivity contribution in [3.8, 4) is 11.3 Å². The standard InChI is InChI=1S/C15H15Cl2NO2/c1-8(2)18-15(19)11-7-14(20-9(11)3)12-6-10(16)4-5-13(12)17/h4-8H,1-3H3,(H,18,19). The molecular weight excluding hydrogens is 297 g/mol. The molecule has 2 rings (SSSR count). The Bertz CT molecular complexity index is 647. The number of hydrogen-bond acceptors (Lipinski definition) is 2. The van der Waals surface area contributed by atoms with Gasteiger partial charge in [-0.2, -0.15) is 0 Å². The van der Waals surface area contributed by atoms with E-state index in [0.717, 1.165) is 0 Å². The van der Waals surface area contributed by atoms with E-state index in [1.54, 1.807) is 31.2 Å². The van der Waals surface area contributed by atoms with Crippen LogP contribution in [0, 0.1) is 6.92 Å². The minimum Gasteiger partial charge on any atom is -0.460 e. The van der Waals surface area contributed by atoms with Crippen molar-refractivity contribution in [2.24, 2.45) is 0 Å². The van der Waals surface area contributed by atoms with Gasteiger partial charge in [-0.05, 0) is 45.0 Å². The van der Waals surface area contributed by atoms with Gasteiger partial charge in [-0.15, -0.1) is 0 Å². The predicted octanol–water partition coefficient (Wildman–Crippen LogP) is 4.70. The molecule has 1 heterocycles. The smallest absolute Gasteiger partial charge is 0.255 e. The monoisotopic (exact) mass is 311 g/mol. The fourth-order valence-electron chi connectivity index (χ4n) is 1.87. The van der Waals surface area contributed by atoms with Crippen LogP contribution in [0.15, 0.2) is 28.7 Å². The molecule has 0 fully saturated rings. The van der Waals surface area contributed by atoms with E-state index < -0.39 is 0 Å². The van der Waals surface area contributed by atoms with E-state index in [0.29, 0.717) is 32.7 Å². The Hall–Kier alpha value is -1.45. The maximum atomic E-state index is 12.0. The van der Waals surface area contributed by atoms with Crippen LogP contribution >= 0.6 is 23.2 Å². The highest BCUT2D eigenvalue weighted by atomic mass is 35.5. The molecule has 1 N–H and O–H groups in total. The summed E-state index contributed by atoms with van der Waals surface area (Å²) >= 11 is 12.1. The number of halogens is 2. The average Bonchev–Trinajstić information content (AvgIpc) is 2.73. The van der Waals surface area contributed by atoms with Gasteiger partial charge in [0.25, 0.3) is 5.91 Å². The lowest BCUT2D eigenvalue weighted by atomic mass is 10.1. The molecule has 0 aliphatic heterocycles. The molecule has 0 aliphatic carbocycles. The minimum absolute atomic E-state index is 0.0648. The molecule has 1 aromatic carbocycles. The zero-order valence-electron chi connectivity index (χ0n) is 11.5. The molecule has 0 aliphatic rings. The summed E-state index contributed by atoms with van der Waals surface area (Å²) in [5, 5.41) is 3.92. The molecular formula is C15H15Cl2NO2. The Morgan fingerprint density at radius 3 is 2.60 bits per heavy atom. The topological polar surface area (TPSA) is 42.2 Å². The van der Waals surface area contributed by atoms with E-state index in [4.69, 9.17) is 27.6 Å². The third-order valence-electron chi connectivity index (χ3n) is 2.78. The van der Waals surface area contributed by atoms with Crippen LogP contribution in [0.3, 0.4) is 0 Å². The fraction of sp³-hybridized carbons (Fsp3) is 0.267. The minimum atomic E-state index is -0.161. The summed E-state index contributed by atoms with van der Waals surface area (Å²) < 4.78 is 5.64. The van der Waals surface area contributed by atoms with Crippen molar-refractivity contribution in [2.75, 3.05) is 0 Å². The maximum absolute atomic E-state index is 12.0. The number of carbonyl (C=O) groups excluding carboxylic acids is 1. The first-order valence-electron chi connectivity index (χ1n) is 6.25. The molecule has 1 amide bonds. The van der Waals surface area contributed by atoms with E-state index >= 15 is 0 Å². The van der Waals surface area contributed by atoms with Crippen LogP contribution in [-0.2, 0) is 0 Å². The van der Waals surface area contributed by atoms with Crippen LogP contribution in [0.4, 0.5) is 0 Å². The first kappa shape index (κ1) is 14.9. The van der Waals surface area contributed by atoms with Crippen LogP contribution in [0.1, 0.15) is 30.0 Å². The van der Waals surface area contributed by atoms with Gasteiger partial charge in [0.1, 0.15) is 11.5 Å². The van der Waals surface area contributed by atoms with Gasteiger partial charge in [-0.3, -0.25) is 4.79 Å². The number of rotatable bonds is 3. The molecule has 2 aromatic rings. The lowest BCUT2D eigenvalue weighted by Crippen LogP contribution is -2.30. The van der Waals surface area contributed by atoms with Crippen LogP contribution < -0.4 is 5.32 Å². The average molecular weight is 312 g/mol. The second-order valence-corrected chi connectivity index (χ2v) is 5.68. The van der Waals surface area contributed by atoms with Gasteiger partial charge in [0.05, 0.1) is 10.6 Å². The van der Waals surface area contributed by atoms with Crippen molar-refractivity contribution >= 4 is 29.1 Å². The van der Waals surface area contributed by atoms with Crippen molar-refractivity contribution in [1.29, 1.82) is 0 Å². The first-order chi connectivity index (χ1) is 9.38. The molecule has 3 nitrogen and oxygen atoms in total. The lowest BCUT2D eigenvalue weighted by Gasteiger charge is -2.06. The molecule has 0 atom stereocenters. The molecule has 1 aromatic heterocycles. The van der Waals surface area contributed by atoms with Crippen molar-refractivity contribution in [3.63, 3.8) is 0 Å². The van der Waals surface area contributed by atoms with Crippen LogP contribution in [0.2, 0.25) is 10.0 Å². The molecule has 0 saturated heterocycles. The second-order valence-electron chi connectivity index (χ2n) is 4.83. The summed E-state index contributed by atoms with van der Waals surface area (Å²) in [6, 6.07) is 6.87. The zero-order chi connectivity index (χ0) is 14.9. The van der Waals surface area contributed by atoms with Gasteiger partial charge in [0.2, 0.25) is 0 Å². The molecule has 0 unspecified atom stereocenters. The lowest BCUT2D eigenvalue weighted by molar-refractivity contribution is 0.0941. The van der Waals surface area contributed by atoms with E-state index in [1.807, 2.05) is 13.8 Å². The number of amides is 1. The van der Waals surface area contributed by atoms with Crippen molar-refractivity contribution in [1.82, 2.24) is 5.32 Å². The van der Waals surface area contributed by atoms with Crippen LogP contribution in [0.5, 0.6) is 0 Å². The molecule has 20 heavy (non-hydrogen) atoms. The Kier molecular flexibility index (Phi) is 4.41. The van der Waals surface area contributed by atoms with Gasteiger partial charge in [0.15, 0.2) is 0 Å². The normalized spacial score (nSPS) is 10.9. The summed E-state index contributed by atoms with van der Waals surface area (Å²) in [6.07, 6.45) is 0. The van der Waals surface area contributed by atoms with Crippen LogP contribution in [0.25, 0.3) is 11.3 Å². The number of carbonyl (C=O) groups is 1. The van der Waals surface area contributed by atoms with Gasteiger partial charge < -0.3 is 9.73 Å². The maximum Gasteiger partial charge on any atom is 0.255 e. The summed E-state index contributed by atoms with van der Waals surface area (Å²) in [4.78, 5) is 12.0. The van der Waals surface area contributed by atoms with Gasteiger partial charge >= 0.3 is 0 Å². The van der Waals surface area contributed by atoms with Crippen LogP contribution in [-0.4, -0.2) is 11.9 Å². The predicted molar refractivity (Wildman–Crippen MR) is 81.5 cm³/mol. The Morgan fingerprint density at radius 2 is 1.95 bits per heavy atom. The van der Waals surface area contributed by atoms with Crippen molar-refractivity contribution in [3.05, 3.63) is 45.6 Å². The van der Waals surface area contributed by atoms with E-state index in [1.165, 1.54) is 0 Å². The highest BCUT2D eigenvalue weighted by molar-refractivity contribution is 6.35. The molecule has 106 valence electrons. The SMILES string of the molecule is Cc1oc(-c2cc(Cl)ccc2Cl)cc1C(=O)NC(C)C. The number of nitrogens with one attached hydrogen (secondary N) is 1. The number of furan rings is 1. The quantitative estimate of drug-likeness (QED) is 0.892. The summed E-state index contributed by atoms with van der Waals surface area (Å²) in [5.41, 5.74) is 1.18. The van der Waals surface area contributed by atoms with E-state index in [-0.39, 0.29) is 11.9 Å². The van der Waals surface area contributed by atoms with Gasteiger partial charge in [-0.1, -0.05) is 23.2 Å². The molecule has 0 radical (unpaired) electrons. The summed E-state index contributed by atoms with van der Waals surface area (Å²) in [7, 11) is 0. The number of hydrogen-bond donors (Lipinski definition) is 1. The third kappa shape index (κ3) is 3.17. The van der Waals surface area contributed by atoms with Gasteiger partial charge in [0, 0.05) is 16.6 Å². The Morgan fingerprint density at radius 1 is 1.25 bits per heavy atom. The Balaban J connectivity index is 2.41. The Labute approximate surface area is 127 Å². The van der Waals surface area contributed by atoms with E-state index in [2.05, 4.69) is 5.32 Å². The fourth-order valence-corrected chi connectivity index (χ4v) is 2.25. The van der Waals surface area contributed by atoms with Crippen molar-refractivity contribution in [2.45, 2.75) is 26.8 Å². The number of aryl methyl sites for hydroxylation is 1. The summed E-state index contributed by atoms with van der Waals surface area (Å²) in [5.74, 6) is 0.920. The van der Waals surface area contributed by atoms with Gasteiger partial charge in [-0.25, -0.2) is 0 Å². The third-order valence-corrected chi connectivity index (χ3v) is 3.34. The molecule has 5 heteroatoms. The highest BCUT2D eigenvalue weighted by Gasteiger charge is 2.18. The zero-order valence-corrected chi connectivity index (χ0v) is 13.0. The van der Waals surface area contributed by atoms with E-state index in [9.17, 15) is 4.79 Å². The first-order valence-corrected chi connectivity index (χ1v) is 7.01. The summed E-state index contributed by atoms with van der Waals surface area (Å²) in [6.45, 7) is 5.56. The molecule has 0 saturated carbocycles. The second kappa shape index (κ2) is 5.90. The molecule has 0 spiro atoms. The highest BCUT2D eigenvalue weighted by Crippen LogP contribution is 2.33. The largest absolute Gasteiger partial charge is 0.460 e. The number of benzene rings is 1. The molecule has 0 bridgehead atoms. The van der Waals surface area contributed by atoms with Crippen molar-refractivity contribution < 1.29 is 9.21 Å².